The van der Waals surface area contributed by atoms with Crippen LogP contribution in [-0.4, -0.2) is 25.6 Å². The minimum Gasteiger partial charge on any atom is -0.387 e. The van der Waals surface area contributed by atoms with Gasteiger partial charge in [-0.2, -0.15) is 0 Å². The Kier molecular flexibility index (Phi) is 4.55. The van der Waals surface area contributed by atoms with Gasteiger partial charge in [0.05, 0.1) is 6.10 Å². The molecule has 0 aliphatic rings. The minimum absolute atomic E-state index is 0.253. The Morgan fingerprint density at radius 2 is 2.11 bits per heavy atom. The Balaban J connectivity index is 2.03. The Hall–Kier alpha value is -1.40. The zero-order valence-corrected chi connectivity index (χ0v) is 11.6. The normalized spacial score (nSPS) is 12.9. The smallest absolute Gasteiger partial charge is 0.191 e. The van der Waals surface area contributed by atoms with Gasteiger partial charge in [-0.05, 0) is 19.9 Å². The van der Waals surface area contributed by atoms with Crippen molar-refractivity contribution in [2.45, 2.75) is 31.1 Å². The second kappa shape index (κ2) is 6.16. The van der Waals surface area contributed by atoms with Crippen LogP contribution in [0, 0.1) is 5.82 Å². The zero-order valence-electron chi connectivity index (χ0n) is 10.8. The first kappa shape index (κ1) is 14.0. The average Bonchev–Trinajstić information content (AvgIpc) is 2.85. The molecule has 0 saturated heterocycles. The highest BCUT2D eigenvalue weighted by molar-refractivity contribution is 7.99. The summed E-state index contributed by atoms with van der Waals surface area (Å²) in [6.07, 6.45) is 0.797. The van der Waals surface area contributed by atoms with Crippen LogP contribution in [-0.2, 0) is 0 Å². The second-order valence-electron chi connectivity index (χ2n) is 4.46. The van der Waals surface area contributed by atoms with Gasteiger partial charge in [-0.3, -0.25) is 0 Å². The average molecular weight is 281 g/mol. The summed E-state index contributed by atoms with van der Waals surface area (Å²) in [5.41, 5.74) is 0.311. The number of thioether (sulfide) groups is 1. The molecule has 1 N–H and O–H groups in total. The summed E-state index contributed by atoms with van der Waals surface area (Å²) in [6, 6.07) is 6.51. The predicted octanol–water partition coefficient (Wildman–Crippen LogP) is 2.82. The van der Waals surface area contributed by atoms with Crippen molar-refractivity contribution < 1.29 is 9.50 Å². The van der Waals surface area contributed by atoms with Crippen molar-refractivity contribution in [1.82, 2.24) is 14.8 Å². The van der Waals surface area contributed by atoms with Crippen LogP contribution in [0.2, 0.25) is 0 Å². The van der Waals surface area contributed by atoms with Crippen LogP contribution >= 0.6 is 11.8 Å². The van der Waals surface area contributed by atoms with Gasteiger partial charge in [0.15, 0.2) is 5.16 Å². The largest absolute Gasteiger partial charge is 0.387 e. The van der Waals surface area contributed by atoms with Gasteiger partial charge in [0, 0.05) is 17.4 Å². The fourth-order valence-electron chi connectivity index (χ4n) is 1.68. The van der Waals surface area contributed by atoms with Gasteiger partial charge in [-0.15, -0.1) is 10.2 Å². The summed E-state index contributed by atoms with van der Waals surface area (Å²) in [5.74, 6) is -0.0484. The summed E-state index contributed by atoms with van der Waals surface area (Å²) in [5, 5.41) is 18.6. The maximum Gasteiger partial charge on any atom is 0.191 e. The third kappa shape index (κ3) is 3.33. The molecule has 102 valence electrons. The lowest BCUT2D eigenvalue weighted by Gasteiger charge is -2.13. The number of nitrogens with zero attached hydrogens (tertiary/aromatic N) is 3. The number of hydrogen-bond acceptors (Lipinski definition) is 4. The molecule has 0 aliphatic carbocycles. The van der Waals surface area contributed by atoms with E-state index >= 15 is 0 Å². The van der Waals surface area contributed by atoms with Crippen LogP contribution in [0.1, 0.15) is 31.6 Å². The van der Waals surface area contributed by atoms with Crippen LogP contribution in [0.25, 0.3) is 0 Å². The van der Waals surface area contributed by atoms with E-state index in [9.17, 15) is 9.50 Å². The highest BCUT2D eigenvalue weighted by Gasteiger charge is 2.15. The molecule has 0 radical (unpaired) electrons. The third-order valence-electron chi connectivity index (χ3n) is 2.73. The quantitative estimate of drug-likeness (QED) is 0.856. The topological polar surface area (TPSA) is 50.9 Å². The first-order chi connectivity index (χ1) is 9.09. The SMILES string of the molecule is CC(C)n1cnnc1SC[C@H](O)c1ccccc1F. The standard InChI is InChI=1S/C13H16FN3OS/c1-9(2)17-8-15-16-13(17)19-7-12(18)10-5-3-4-6-11(10)14/h3-6,8-9,12,18H,7H2,1-2H3/t12-/m0/s1. The zero-order chi connectivity index (χ0) is 13.8. The van der Waals surface area contributed by atoms with E-state index in [-0.39, 0.29) is 11.9 Å². The first-order valence-corrected chi connectivity index (χ1v) is 7.03. The maximum absolute atomic E-state index is 13.5. The van der Waals surface area contributed by atoms with Gasteiger partial charge in [0.25, 0.3) is 0 Å². The number of halogens is 1. The molecular formula is C13H16FN3OS. The molecule has 6 heteroatoms. The van der Waals surface area contributed by atoms with E-state index in [0.717, 1.165) is 5.16 Å². The van der Waals surface area contributed by atoms with Crippen LogP contribution in [0.3, 0.4) is 0 Å². The minimum atomic E-state index is -0.858. The van der Waals surface area contributed by atoms with Crippen molar-refractivity contribution in [3.63, 3.8) is 0 Å². The number of aromatic nitrogens is 3. The predicted molar refractivity (Wildman–Crippen MR) is 72.5 cm³/mol. The molecule has 0 fully saturated rings. The number of hydrogen-bond donors (Lipinski definition) is 1. The van der Waals surface area contributed by atoms with Crippen molar-refractivity contribution in [3.8, 4) is 0 Å². The molecule has 2 rings (SSSR count). The molecule has 0 bridgehead atoms. The van der Waals surface area contributed by atoms with Crippen molar-refractivity contribution in [1.29, 1.82) is 0 Å². The fourth-order valence-corrected chi connectivity index (χ4v) is 2.68. The van der Waals surface area contributed by atoms with Crippen LogP contribution < -0.4 is 0 Å². The summed E-state index contributed by atoms with van der Waals surface area (Å²) in [4.78, 5) is 0. The molecule has 1 aromatic carbocycles. The Morgan fingerprint density at radius 3 is 2.79 bits per heavy atom. The van der Waals surface area contributed by atoms with E-state index in [2.05, 4.69) is 10.2 Å². The van der Waals surface area contributed by atoms with Crippen LogP contribution in [0.4, 0.5) is 4.39 Å². The molecule has 2 aromatic rings. The van der Waals surface area contributed by atoms with Crippen LogP contribution in [0.5, 0.6) is 0 Å². The Labute approximate surface area is 115 Å². The van der Waals surface area contributed by atoms with E-state index in [4.69, 9.17) is 0 Å². The van der Waals surface area contributed by atoms with Gasteiger partial charge in [-0.1, -0.05) is 30.0 Å². The molecule has 0 saturated carbocycles. The summed E-state index contributed by atoms with van der Waals surface area (Å²) < 4.78 is 15.4. The molecule has 0 unspecified atom stereocenters. The summed E-state index contributed by atoms with van der Waals surface area (Å²) in [6.45, 7) is 4.06. The Bertz CT molecular complexity index is 544. The van der Waals surface area contributed by atoms with Gasteiger partial charge in [-0.25, -0.2) is 4.39 Å². The molecule has 1 aromatic heterocycles. The van der Waals surface area contributed by atoms with Gasteiger partial charge in [0.1, 0.15) is 12.1 Å². The summed E-state index contributed by atoms with van der Waals surface area (Å²) >= 11 is 1.37. The Morgan fingerprint density at radius 1 is 1.37 bits per heavy atom. The molecule has 0 aliphatic heterocycles. The molecule has 0 amide bonds. The van der Waals surface area contributed by atoms with Crippen LogP contribution in [0.15, 0.2) is 35.7 Å². The molecule has 1 heterocycles. The molecule has 4 nitrogen and oxygen atoms in total. The van der Waals surface area contributed by atoms with Crippen molar-refractivity contribution in [3.05, 3.63) is 42.0 Å². The van der Waals surface area contributed by atoms with E-state index < -0.39 is 6.10 Å². The second-order valence-corrected chi connectivity index (χ2v) is 5.45. The number of aliphatic hydroxyl groups excluding tert-OH is 1. The molecule has 0 spiro atoms. The molecular weight excluding hydrogens is 265 g/mol. The van der Waals surface area contributed by atoms with Crippen molar-refractivity contribution in [2.75, 3.05) is 5.75 Å². The van der Waals surface area contributed by atoms with Crippen molar-refractivity contribution in [2.24, 2.45) is 0 Å². The summed E-state index contributed by atoms with van der Waals surface area (Å²) in [7, 11) is 0. The van der Waals surface area contributed by atoms with Crippen molar-refractivity contribution >= 4 is 11.8 Å². The molecule has 19 heavy (non-hydrogen) atoms. The highest BCUT2D eigenvalue weighted by Crippen LogP contribution is 2.26. The van der Waals surface area contributed by atoms with E-state index in [1.165, 1.54) is 17.8 Å². The number of benzene rings is 1. The lowest BCUT2D eigenvalue weighted by atomic mass is 10.1. The number of aliphatic hydroxyl groups is 1. The van der Waals surface area contributed by atoms with E-state index in [1.54, 1.807) is 24.5 Å². The fraction of sp³-hybridized carbons (Fsp3) is 0.385. The monoisotopic (exact) mass is 281 g/mol. The van der Waals surface area contributed by atoms with Gasteiger partial charge >= 0.3 is 0 Å². The first-order valence-electron chi connectivity index (χ1n) is 6.04. The lowest BCUT2D eigenvalue weighted by Crippen LogP contribution is -2.06. The van der Waals surface area contributed by atoms with E-state index in [1.807, 2.05) is 18.4 Å². The van der Waals surface area contributed by atoms with Gasteiger partial charge < -0.3 is 9.67 Å². The number of rotatable bonds is 5. The molecule has 1 atom stereocenters. The highest BCUT2D eigenvalue weighted by atomic mass is 32.2. The maximum atomic E-state index is 13.5. The third-order valence-corrected chi connectivity index (χ3v) is 3.76. The lowest BCUT2D eigenvalue weighted by molar-refractivity contribution is 0.199. The van der Waals surface area contributed by atoms with E-state index in [0.29, 0.717) is 11.3 Å². The van der Waals surface area contributed by atoms with Gasteiger partial charge in [0.2, 0.25) is 0 Å².